The van der Waals surface area contributed by atoms with E-state index in [9.17, 15) is 9.59 Å². The molecular formula is C20H24N4O3. The van der Waals surface area contributed by atoms with Crippen LogP contribution in [0.3, 0.4) is 0 Å². The number of carbonyl (C=O) groups excluding carboxylic acids is 2. The van der Waals surface area contributed by atoms with E-state index in [4.69, 9.17) is 4.74 Å². The molecule has 2 amide bonds. The number of piperazine rings is 1. The molecule has 0 bridgehead atoms. The SMILES string of the molecule is COc1c(C)cc(C(=O)N2CCN(C(=O)c3cnccn3)CC2)c(C)c1C. The molecule has 1 aliphatic heterocycles. The molecule has 142 valence electrons. The average Bonchev–Trinajstić information content (AvgIpc) is 2.71. The Labute approximate surface area is 159 Å². The molecule has 7 nitrogen and oxygen atoms in total. The van der Waals surface area contributed by atoms with E-state index in [1.165, 1.54) is 18.6 Å². The molecule has 0 atom stereocenters. The van der Waals surface area contributed by atoms with Crippen LogP contribution in [0.25, 0.3) is 0 Å². The Morgan fingerprint density at radius 1 is 0.963 bits per heavy atom. The number of hydrogen-bond acceptors (Lipinski definition) is 5. The first-order chi connectivity index (χ1) is 12.9. The second-order valence-corrected chi connectivity index (χ2v) is 6.70. The summed E-state index contributed by atoms with van der Waals surface area (Å²) >= 11 is 0. The zero-order chi connectivity index (χ0) is 19.6. The van der Waals surface area contributed by atoms with Crippen LogP contribution in [0.1, 0.15) is 37.5 Å². The molecule has 0 spiro atoms. The predicted molar refractivity (Wildman–Crippen MR) is 101 cm³/mol. The van der Waals surface area contributed by atoms with Crippen LogP contribution in [0.4, 0.5) is 0 Å². The summed E-state index contributed by atoms with van der Waals surface area (Å²) in [6.45, 7) is 7.80. The largest absolute Gasteiger partial charge is 0.496 e. The fraction of sp³-hybridized carbons (Fsp3) is 0.400. The van der Waals surface area contributed by atoms with Crippen molar-refractivity contribution in [3.8, 4) is 5.75 Å². The lowest BCUT2D eigenvalue weighted by molar-refractivity contribution is 0.0531. The molecule has 0 N–H and O–H groups in total. The molecule has 1 fully saturated rings. The standard InChI is InChI=1S/C20H24N4O3/c1-13-11-16(14(2)15(3)18(13)27-4)19(25)23-7-9-24(10-8-23)20(26)17-12-21-5-6-22-17/h5-6,11-12H,7-10H2,1-4H3. The molecule has 0 saturated carbocycles. The first-order valence-electron chi connectivity index (χ1n) is 8.93. The van der Waals surface area contributed by atoms with E-state index in [0.717, 1.165) is 22.4 Å². The molecule has 2 heterocycles. The number of benzene rings is 1. The van der Waals surface area contributed by atoms with Gasteiger partial charge in [-0.15, -0.1) is 0 Å². The summed E-state index contributed by atoms with van der Waals surface area (Å²) in [6.07, 6.45) is 4.50. The van der Waals surface area contributed by atoms with Gasteiger partial charge >= 0.3 is 0 Å². The summed E-state index contributed by atoms with van der Waals surface area (Å²) in [5.41, 5.74) is 3.88. The van der Waals surface area contributed by atoms with Gasteiger partial charge in [0.15, 0.2) is 0 Å². The second kappa shape index (κ2) is 7.73. The van der Waals surface area contributed by atoms with Crippen molar-refractivity contribution in [1.82, 2.24) is 19.8 Å². The van der Waals surface area contributed by atoms with Gasteiger partial charge in [0.25, 0.3) is 11.8 Å². The van der Waals surface area contributed by atoms with E-state index in [-0.39, 0.29) is 11.8 Å². The van der Waals surface area contributed by atoms with Crippen LogP contribution in [-0.2, 0) is 0 Å². The topological polar surface area (TPSA) is 75.6 Å². The number of rotatable bonds is 3. The van der Waals surface area contributed by atoms with Gasteiger partial charge in [-0.25, -0.2) is 4.98 Å². The second-order valence-electron chi connectivity index (χ2n) is 6.70. The van der Waals surface area contributed by atoms with Crippen LogP contribution in [0.15, 0.2) is 24.7 Å². The van der Waals surface area contributed by atoms with Gasteiger partial charge in [-0.2, -0.15) is 0 Å². The molecule has 0 unspecified atom stereocenters. The van der Waals surface area contributed by atoms with E-state index in [1.54, 1.807) is 16.9 Å². The zero-order valence-corrected chi connectivity index (χ0v) is 16.2. The molecular weight excluding hydrogens is 344 g/mol. The third-order valence-electron chi connectivity index (χ3n) is 5.10. The normalized spacial score (nSPS) is 14.2. The van der Waals surface area contributed by atoms with Gasteiger partial charge in [0.1, 0.15) is 11.4 Å². The Balaban J connectivity index is 1.71. The van der Waals surface area contributed by atoms with Gasteiger partial charge in [-0.05, 0) is 43.5 Å². The van der Waals surface area contributed by atoms with E-state index in [0.29, 0.717) is 37.4 Å². The molecule has 1 aromatic carbocycles. The quantitative estimate of drug-likeness (QED) is 0.828. The minimum absolute atomic E-state index is 0.00652. The molecule has 1 aliphatic rings. The van der Waals surface area contributed by atoms with Gasteiger partial charge in [0.05, 0.1) is 13.3 Å². The number of aromatic nitrogens is 2. The van der Waals surface area contributed by atoms with Gasteiger partial charge < -0.3 is 14.5 Å². The lowest BCUT2D eigenvalue weighted by Crippen LogP contribution is -2.50. The van der Waals surface area contributed by atoms with Gasteiger partial charge in [0, 0.05) is 44.1 Å². The number of nitrogens with zero attached hydrogens (tertiary/aromatic N) is 4. The van der Waals surface area contributed by atoms with E-state index in [2.05, 4.69) is 9.97 Å². The van der Waals surface area contributed by atoms with Crippen LogP contribution in [0.5, 0.6) is 5.75 Å². The lowest BCUT2D eigenvalue weighted by atomic mass is 9.97. The summed E-state index contributed by atoms with van der Waals surface area (Å²) in [5.74, 6) is 0.666. The summed E-state index contributed by atoms with van der Waals surface area (Å²) in [6, 6.07) is 1.89. The Kier molecular flexibility index (Phi) is 5.39. The molecule has 0 aliphatic carbocycles. The fourth-order valence-corrected chi connectivity index (χ4v) is 3.45. The monoisotopic (exact) mass is 368 g/mol. The molecule has 7 heteroatoms. The zero-order valence-electron chi connectivity index (χ0n) is 16.2. The number of carbonyl (C=O) groups is 2. The molecule has 1 aromatic heterocycles. The van der Waals surface area contributed by atoms with E-state index < -0.39 is 0 Å². The summed E-state index contributed by atoms with van der Waals surface area (Å²) < 4.78 is 5.44. The number of ether oxygens (including phenoxy) is 1. The number of methoxy groups -OCH3 is 1. The van der Waals surface area contributed by atoms with Crippen LogP contribution in [-0.4, -0.2) is 64.9 Å². The number of amides is 2. The maximum absolute atomic E-state index is 13.0. The minimum Gasteiger partial charge on any atom is -0.496 e. The van der Waals surface area contributed by atoms with Crippen molar-refractivity contribution in [2.75, 3.05) is 33.3 Å². The van der Waals surface area contributed by atoms with Crippen molar-refractivity contribution in [3.05, 3.63) is 52.6 Å². The first-order valence-corrected chi connectivity index (χ1v) is 8.93. The van der Waals surface area contributed by atoms with Crippen molar-refractivity contribution >= 4 is 11.8 Å². The van der Waals surface area contributed by atoms with E-state index in [1.807, 2.05) is 26.8 Å². The molecule has 2 aromatic rings. The van der Waals surface area contributed by atoms with E-state index >= 15 is 0 Å². The first kappa shape index (κ1) is 18.8. The van der Waals surface area contributed by atoms with Crippen molar-refractivity contribution < 1.29 is 14.3 Å². The number of aryl methyl sites for hydroxylation is 1. The summed E-state index contributed by atoms with van der Waals surface area (Å²) in [4.78, 5) is 37.0. The molecule has 27 heavy (non-hydrogen) atoms. The summed E-state index contributed by atoms with van der Waals surface area (Å²) in [5, 5.41) is 0. The minimum atomic E-state index is -0.150. The maximum atomic E-state index is 13.0. The fourth-order valence-electron chi connectivity index (χ4n) is 3.45. The highest BCUT2D eigenvalue weighted by Gasteiger charge is 2.27. The van der Waals surface area contributed by atoms with Gasteiger partial charge in [-0.1, -0.05) is 0 Å². The third-order valence-corrected chi connectivity index (χ3v) is 5.10. The van der Waals surface area contributed by atoms with Crippen molar-refractivity contribution in [3.63, 3.8) is 0 Å². The lowest BCUT2D eigenvalue weighted by Gasteiger charge is -2.35. The molecule has 0 radical (unpaired) electrons. The van der Waals surface area contributed by atoms with Crippen molar-refractivity contribution in [2.24, 2.45) is 0 Å². The molecule has 1 saturated heterocycles. The highest BCUT2D eigenvalue weighted by Crippen LogP contribution is 2.29. The van der Waals surface area contributed by atoms with Crippen LogP contribution in [0, 0.1) is 20.8 Å². The maximum Gasteiger partial charge on any atom is 0.274 e. The third kappa shape index (κ3) is 3.63. The van der Waals surface area contributed by atoms with Crippen molar-refractivity contribution in [1.29, 1.82) is 0 Å². The van der Waals surface area contributed by atoms with Gasteiger partial charge in [0.2, 0.25) is 0 Å². The highest BCUT2D eigenvalue weighted by molar-refractivity contribution is 5.97. The van der Waals surface area contributed by atoms with Crippen molar-refractivity contribution in [2.45, 2.75) is 20.8 Å². The molecule has 3 rings (SSSR count). The Morgan fingerprint density at radius 2 is 1.59 bits per heavy atom. The predicted octanol–water partition coefficient (Wildman–Crippen LogP) is 2.01. The highest BCUT2D eigenvalue weighted by atomic mass is 16.5. The van der Waals surface area contributed by atoms with Crippen LogP contribution < -0.4 is 4.74 Å². The Morgan fingerprint density at radius 3 is 2.15 bits per heavy atom. The van der Waals surface area contributed by atoms with Crippen LogP contribution >= 0.6 is 0 Å². The Hall–Kier alpha value is -2.96. The van der Waals surface area contributed by atoms with Gasteiger partial charge in [-0.3, -0.25) is 14.6 Å². The number of hydrogen-bond donors (Lipinski definition) is 0. The smallest absolute Gasteiger partial charge is 0.274 e. The Bertz CT molecular complexity index is 859. The average molecular weight is 368 g/mol. The van der Waals surface area contributed by atoms with Crippen LogP contribution in [0.2, 0.25) is 0 Å². The summed E-state index contributed by atoms with van der Waals surface area (Å²) in [7, 11) is 1.64.